The maximum Gasteiger partial charge on any atom is 0.408 e. The van der Waals surface area contributed by atoms with Crippen molar-refractivity contribution in [3.8, 4) is 0 Å². The van der Waals surface area contributed by atoms with E-state index in [0.717, 1.165) is 6.54 Å². The Hall–Kier alpha value is -1.29. The molecule has 0 aliphatic heterocycles. The number of hydrogen-bond donors (Lipinski definition) is 2. The monoisotopic (exact) mass is 240 g/mol. The minimum Gasteiger partial charge on any atom is -0.444 e. The molecule has 0 aromatic rings. The van der Waals surface area contributed by atoms with Crippen LogP contribution < -0.4 is 10.6 Å². The Bertz CT molecular complexity index is 267. The van der Waals surface area contributed by atoms with E-state index in [1.54, 1.807) is 6.08 Å². The average molecular weight is 240 g/mol. The van der Waals surface area contributed by atoms with E-state index in [0.29, 0.717) is 6.54 Å². The van der Waals surface area contributed by atoms with Gasteiger partial charge in [-0.1, -0.05) is 18.2 Å². The molecule has 0 spiro atoms. The van der Waals surface area contributed by atoms with Gasteiger partial charge in [-0.3, -0.25) is 0 Å². The number of alkyl carbamates (subject to hydrolysis) is 1. The number of allylic oxidation sites excluding steroid dienone is 1. The van der Waals surface area contributed by atoms with Crippen LogP contribution in [0.5, 0.6) is 0 Å². The van der Waals surface area contributed by atoms with Crippen molar-refractivity contribution in [3.05, 3.63) is 24.8 Å². The summed E-state index contributed by atoms with van der Waals surface area (Å²) in [5.41, 5.74) is -0.478. The van der Waals surface area contributed by atoms with Crippen molar-refractivity contribution in [1.82, 2.24) is 10.6 Å². The number of nitrogens with one attached hydrogen (secondary N) is 2. The first-order valence-electron chi connectivity index (χ1n) is 5.83. The van der Waals surface area contributed by atoms with Crippen molar-refractivity contribution in [2.75, 3.05) is 13.1 Å². The Morgan fingerprint density at radius 1 is 1.47 bits per heavy atom. The largest absolute Gasteiger partial charge is 0.444 e. The predicted octanol–water partition coefficient (Wildman–Crippen LogP) is 2.23. The lowest BCUT2D eigenvalue weighted by atomic mass is 10.2. The Labute approximate surface area is 104 Å². The Balaban J connectivity index is 3.96. The lowest BCUT2D eigenvalue weighted by Crippen LogP contribution is -2.43. The highest BCUT2D eigenvalue weighted by Gasteiger charge is 2.17. The SMILES string of the molecule is C=C[C@@H](CNCC=CC)NC(=O)OC(C)(C)C. The van der Waals surface area contributed by atoms with Crippen LogP contribution in [0, 0.1) is 0 Å². The highest BCUT2D eigenvalue weighted by Crippen LogP contribution is 2.06. The van der Waals surface area contributed by atoms with Gasteiger partial charge in [0.05, 0.1) is 6.04 Å². The lowest BCUT2D eigenvalue weighted by Gasteiger charge is -2.22. The fraction of sp³-hybridized carbons (Fsp3) is 0.615. The highest BCUT2D eigenvalue weighted by molar-refractivity contribution is 5.68. The molecule has 0 aliphatic carbocycles. The summed E-state index contributed by atoms with van der Waals surface area (Å²) < 4.78 is 5.16. The fourth-order valence-corrected chi connectivity index (χ4v) is 1.09. The van der Waals surface area contributed by atoms with Gasteiger partial charge in [-0.15, -0.1) is 6.58 Å². The van der Waals surface area contributed by atoms with E-state index >= 15 is 0 Å². The van der Waals surface area contributed by atoms with E-state index in [1.165, 1.54) is 0 Å². The molecule has 4 heteroatoms. The van der Waals surface area contributed by atoms with Gasteiger partial charge in [-0.25, -0.2) is 4.79 Å². The van der Waals surface area contributed by atoms with Gasteiger partial charge in [0.2, 0.25) is 0 Å². The maximum absolute atomic E-state index is 11.5. The summed E-state index contributed by atoms with van der Waals surface area (Å²) >= 11 is 0. The molecule has 0 bridgehead atoms. The average Bonchev–Trinajstić information content (AvgIpc) is 2.20. The quantitative estimate of drug-likeness (QED) is 0.553. The van der Waals surface area contributed by atoms with Gasteiger partial charge in [0.1, 0.15) is 5.60 Å². The molecule has 0 rings (SSSR count). The van der Waals surface area contributed by atoms with Gasteiger partial charge in [0, 0.05) is 13.1 Å². The van der Waals surface area contributed by atoms with Crippen molar-refractivity contribution in [1.29, 1.82) is 0 Å². The van der Waals surface area contributed by atoms with Gasteiger partial charge >= 0.3 is 6.09 Å². The van der Waals surface area contributed by atoms with Gasteiger partial charge < -0.3 is 15.4 Å². The van der Waals surface area contributed by atoms with E-state index in [-0.39, 0.29) is 6.04 Å². The number of amides is 1. The normalized spacial score (nSPS) is 13.4. The zero-order valence-corrected chi connectivity index (χ0v) is 11.2. The van der Waals surface area contributed by atoms with Gasteiger partial charge in [-0.2, -0.15) is 0 Å². The molecule has 0 aromatic carbocycles. The third kappa shape index (κ3) is 9.63. The summed E-state index contributed by atoms with van der Waals surface area (Å²) in [6.45, 7) is 12.6. The van der Waals surface area contributed by atoms with Crippen molar-refractivity contribution < 1.29 is 9.53 Å². The highest BCUT2D eigenvalue weighted by atomic mass is 16.6. The lowest BCUT2D eigenvalue weighted by molar-refractivity contribution is 0.0514. The number of carbonyl (C=O) groups excluding carboxylic acids is 1. The molecule has 98 valence electrons. The third-order valence-electron chi connectivity index (χ3n) is 1.85. The molecule has 1 amide bonds. The summed E-state index contributed by atoms with van der Waals surface area (Å²) in [4.78, 5) is 11.5. The molecule has 0 heterocycles. The zero-order valence-electron chi connectivity index (χ0n) is 11.2. The summed E-state index contributed by atoms with van der Waals surface area (Å²) in [5.74, 6) is 0. The number of carbonyl (C=O) groups is 1. The molecule has 1 atom stereocenters. The molecule has 2 N–H and O–H groups in total. The summed E-state index contributed by atoms with van der Waals surface area (Å²) in [6.07, 6.45) is 5.24. The van der Waals surface area contributed by atoms with Gasteiger partial charge in [0.15, 0.2) is 0 Å². The fourth-order valence-electron chi connectivity index (χ4n) is 1.09. The first-order valence-corrected chi connectivity index (χ1v) is 5.83. The molecule has 0 unspecified atom stereocenters. The Morgan fingerprint density at radius 2 is 2.12 bits per heavy atom. The second-order valence-electron chi connectivity index (χ2n) is 4.72. The summed E-state index contributed by atoms with van der Waals surface area (Å²) in [5, 5.41) is 5.91. The van der Waals surface area contributed by atoms with Crippen molar-refractivity contribution in [2.24, 2.45) is 0 Å². The Kier molecular flexibility index (Phi) is 7.30. The van der Waals surface area contributed by atoms with Crippen LogP contribution in [0.15, 0.2) is 24.8 Å². The molecule has 0 aliphatic rings. The first kappa shape index (κ1) is 15.7. The van der Waals surface area contributed by atoms with Crippen LogP contribution in [0.3, 0.4) is 0 Å². The maximum atomic E-state index is 11.5. The van der Waals surface area contributed by atoms with E-state index in [1.807, 2.05) is 39.8 Å². The molecular weight excluding hydrogens is 216 g/mol. The number of ether oxygens (including phenoxy) is 1. The van der Waals surface area contributed by atoms with Crippen LogP contribution in [0.4, 0.5) is 4.79 Å². The van der Waals surface area contributed by atoms with Crippen molar-refractivity contribution in [2.45, 2.75) is 39.3 Å². The molecular formula is C13H24N2O2. The van der Waals surface area contributed by atoms with Crippen LogP contribution in [0.1, 0.15) is 27.7 Å². The zero-order chi connectivity index (χ0) is 13.3. The molecule has 0 saturated carbocycles. The van der Waals surface area contributed by atoms with E-state index in [9.17, 15) is 4.79 Å². The topological polar surface area (TPSA) is 50.4 Å². The molecule has 4 nitrogen and oxygen atoms in total. The standard InChI is InChI=1S/C13H24N2O2/c1-6-8-9-14-10-11(7-2)15-12(16)17-13(3,4)5/h6-8,11,14H,2,9-10H2,1,3-5H3,(H,15,16)/t11-/m0/s1. The third-order valence-corrected chi connectivity index (χ3v) is 1.85. The molecule has 0 fully saturated rings. The minimum atomic E-state index is -0.478. The van der Waals surface area contributed by atoms with Crippen LogP contribution in [-0.4, -0.2) is 30.8 Å². The molecule has 17 heavy (non-hydrogen) atoms. The van der Waals surface area contributed by atoms with Crippen LogP contribution in [-0.2, 0) is 4.74 Å². The summed E-state index contributed by atoms with van der Waals surface area (Å²) in [7, 11) is 0. The predicted molar refractivity (Wildman–Crippen MR) is 71.0 cm³/mol. The van der Waals surface area contributed by atoms with E-state index < -0.39 is 11.7 Å². The van der Waals surface area contributed by atoms with E-state index in [2.05, 4.69) is 17.2 Å². The van der Waals surface area contributed by atoms with Crippen LogP contribution >= 0.6 is 0 Å². The van der Waals surface area contributed by atoms with Gasteiger partial charge in [0.25, 0.3) is 0 Å². The summed E-state index contributed by atoms with van der Waals surface area (Å²) in [6, 6.07) is -0.130. The van der Waals surface area contributed by atoms with Crippen LogP contribution in [0.25, 0.3) is 0 Å². The first-order chi connectivity index (χ1) is 7.89. The van der Waals surface area contributed by atoms with Gasteiger partial charge in [-0.05, 0) is 27.7 Å². The minimum absolute atomic E-state index is 0.130. The second kappa shape index (κ2) is 7.90. The van der Waals surface area contributed by atoms with Crippen molar-refractivity contribution in [3.63, 3.8) is 0 Å². The van der Waals surface area contributed by atoms with E-state index in [4.69, 9.17) is 4.74 Å². The molecule has 0 radical (unpaired) electrons. The van der Waals surface area contributed by atoms with Crippen LogP contribution in [0.2, 0.25) is 0 Å². The molecule has 0 aromatic heterocycles. The molecule has 0 saturated heterocycles. The second-order valence-corrected chi connectivity index (χ2v) is 4.72. The number of hydrogen-bond acceptors (Lipinski definition) is 3. The smallest absolute Gasteiger partial charge is 0.408 e. The van der Waals surface area contributed by atoms with Crippen molar-refractivity contribution >= 4 is 6.09 Å². The number of rotatable bonds is 6. The Morgan fingerprint density at radius 3 is 2.59 bits per heavy atom.